The summed E-state index contributed by atoms with van der Waals surface area (Å²) in [6, 6.07) is 3.30. The third kappa shape index (κ3) is 1.36. The minimum Gasteiger partial charge on any atom is -0.504 e. The van der Waals surface area contributed by atoms with E-state index in [9.17, 15) is 10.2 Å². The summed E-state index contributed by atoms with van der Waals surface area (Å²) >= 11 is 0. The van der Waals surface area contributed by atoms with E-state index in [0.717, 1.165) is 24.1 Å². The highest BCUT2D eigenvalue weighted by Gasteiger charge is 2.18. The van der Waals surface area contributed by atoms with Crippen molar-refractivity contribution in [3.8, 4) is 11.5 Å². The van der Waals surface area contributed by atoms with E-state index in [1.807, 2.05) is 0 Å². The van der Waals surface area contributed by atoms with Gasteiger partial charge in [0.1, 0.15) is 0 Å². The molecule has 3 nitrogen and oxygen atoms in total. The van der Waals surface area contributed by atoms with E-state index in [4.69, 9.17) is 0 Å². The Morgan fingerprint density at radius 1 is 1.36 bits per heavy atom. The van der Waals surface area contributed by atoms with Crippen LogP contribution in [0.25, 0.3) is 0 Å². The topological polar surface area (TPSA) is 52.5 Å². The molecule has 1 aliphatic rings. The molecule has 0 saturated carbocycles. The summed E-state index contributed by atoms with van der Waals surface area (Å²) in [6.07, 6.45) is 2.67. The fraction of sp³-hybridized carbons (Fsp3) is 0.273. The lowest BCUT2D eigenvalue weighted by Crippen LogP contribution is -2.28. The largest absolute Gasteiger partial charge is 0.504 e. The summed E-state index contributed by atoms with van der Waals surface area (Å²) < 4.78 is 0. The Hall–Kier alpha value is -1.48. The van der Waals surface area contributed by atoms with Gasteiger partial charge < -0.3 is 15.5 Å². The normalized spacial score (nSPS) is 20.1. The van der Waals surface area contributed by atoms with Crippen LogP contribution in [-0.2, 0) is 6.42 Å². The van der Waals surface area contributed by atoms with Crippen LogP contribution in [0.3, 0.4) is 0 Å². The maximum Gasteiger partial charge on any atom is 0.157 e. The molecule has 0 fully saturated rings. The van der Waals surface area contributed by atoms with Crippen molar-refractivity contribution >= 4 is 0 Å². The molecule has 1 aromatic rings. The Labute approximate surface area is 82.7 Å². The Balaban J connectivity index is 2.52. The second-order valence-corrected chi connectivity index (χ2v) is 3.46. The van der Waals surface area contributed by atoms with E-state index < -0.39 is 0 Å². The molecule has 0 aromatic heterocycles. The summed E-state index contributed by atoms with van der Waals surface area (Å²) in [5, 5.41) is 22.0. The number of phenols is 2. The molecule has 3 heteroatoms. The number of benzene rings is 1. The lowest BCUT2D eigenvalue weighted by atomic mass is 9.94. The van der Waals surface area contributed by atoms with Gasteiger partial charge in [-0.15, -0.1) is 6.58 Å². The van der Waals surface area contributed by atoms with Crippen LogP contribution in [0.2, 0.25) is 0 Å². The zero-order valence-electron chi connectivity index (χ0n) is 7.83. The minimum absolute atomic E-state index is 0.0477. The van der Waals surface area contributed by atoms with E-state index in [-0.39, 0.29) is 17.5 Å². The average molecular weight is 191 g/mol. The van der Waals surface area contributed by atoms with Crippen molar-refractivity contribution in [2.75, 3.05) is 6.54 Å². The smallest absolute Gasteiger partial charge is 0.157 e. The van der Waals surface area contributed by atoms with Crippen LogP contribution < -0.4 is 5.32 Å². The van der Waals surface area contributed by atoms with Crippen molar-refractivity contribution in [1.29, 1.82) is 0 Å². The Morgan fingerprint density at radius 2 is 2.07 bits per heavy atom. The van der Waals surface area contributed by atoms with E-state index in [2.05, 4.69) is 11.9 Å². The summed E-state index contributed by atoms with van der Waals surface area (Å²) in [4.78, 5) is 0. The first-order valence-corrected chi connectivity index (χ1v) is 4.63. The summed E-state index contributed by atoms with van der Waals surface area (Å²) in [5.41, 5.74) is 2.07. The van der Waals surface area contributed by atoms with E-state index in [0.29, 0.717) is 0 Å². The molecule has 0 saturated heterocycles. The monoisotopic (exact) mass is 191 g/mol. The standard InChI is InChI=1S/C11H13NO2/c1-2-9-8-6-11(14)10(13)5-7(8)3-4-12-9/h2,5-6,9,12-14H,1,3-4H2. The van der Waals surface area contributed by atoms with Crippen molar-refractivity contribution in [3.05, 3.63) is 35.9 Å². The van der Waals surface area contributed by atoms with Gasteiger partial charge >= 0.3 is 0 Å². The second-order valence-electron chi connectivity index (χ2n) is 3.46. The van der Waals surface area contributed by atoms with Gasteiger partial charge in [0.05, 0.1) is 6.04 Å². The van der Waals surface area contributed by atoms with Crippen molar-refractivity contribution in [2.45, 2.75) is 12.5 Å². The van der Waals surface area contributed by atoms with Crippen molar-refractivity contribution in [3.63, 3.8) is 0 Å². The van der Waals surface area contributed by atoms with Crippen molar-refractivity contribution in [1.82, 2.24) is 5.32 Å². The van der Waals surface area contributed by atoms with Crippen LogP contribution in [0.1, 0.15) is 17.2 Å². The quantitative estimate of drug-likeness (QED) is 0.465. The molecule has 74 valence electrons. The molecule has 0 amide bonds. The highest BCUT2D eigenvalue weighted by atomic mass is 16.3. The molecule has 0 bridgehead atoms. The maximum atomic E-state index is 9.38. The lowest BCUT2D eigenvalue weighted by Gasteiger charge is -2.24. The molecule has 0 radical (unpaired) electrons. The van der Waals surface area contributed by atoms with Gasteiger partial charge in [-0.25, -0.2) is 0 Å². The van der Waals surface area contributed by atoms with Crippen molar-refractivity contribution < 1.29 is 10.2 Å². The predicted octanol–water partition coefficient (Wildman–Crippen LogP) is 1.47. The Morgan fingerprint density at radius 3 is 2.79 bits per heavy atom. The van der Waals surface area contributed by atoms with Gasteiger partial charge in [-0.2, -0.15) is 0 Å². The number of nitrogens with one attached hydrogen (secondary N) is 1. The molecule has 3 N–H and O–H groups in total. The van der Waals surface area contributed by atoms with E-state index in [1.165, 1.54) is 0 Å². The molecule has 1 atom stereocenters. The first-order chi connectivity index (χ1) is 6.72. The number of hydrogen-bond acceptors (Lipinski definition) is 3. The molecule has 0 aliphatic carbocycles. The first-order valence-electron chi connectivity index (χ1n) is 4.63. The van der Waals surface area contributed by atoms with Gasteiger partial charge in [-0.05, 0) is 29.7 Å². The fourth-order valence-corrected chi connectivity index (χ4v) is 1.82. The minimum atomic E-state index is -0.0701. The Kier molecular flexibility index (Phi) is 2.17. The van der Waals surface area contributed by atoms with Crippen LogP contribution in [0.4, 0.5) is 0 Å². The van der Waals surface area contributed by atoms with Crippen LogP contribution in [0.15, 0.2) is 24.8 Å². The Bertz CT molecular complexity index is 374. The van der Waals surface area contributed by atoms with Gasteiger partial charge in [-0.1, -0.05) is 6.08 Å². The lowest BCUT2D eigenvalue weighted by molar-refractivity contribution is 0.400. The zero-order valence-corrected chi connectivity index (χ0v) is 7.83. The molecule has 1 aromatic carbocycles. The van der Waals surface area contributed by atoms with E-state index >= 15 is 0 Å². The molecule has 0 spiro atoms. The van der Waals surface area contributed by atoms with Crippen molar-refractivity contribution in [2.24, 2.45) is 0 Å². The molecular weight excluding hydrogens is 178 g/mol. The summed E-state index contributed by atoms with van der Waals surface area (Å²) in [7, 11) is 0. The number of aromatic hydroxyl groups is 2. The second kappa shape index (κ2) is 3.35. The summed E-state index contributed by atoms with van der Waals surface area (Å²) in [6.45, 7) is 4.60. The van der Waals surface area contributed by atoms with E-state index in [1.54, 1.807) is 18.2 Å². The third-order valence-corrected chi connectivity index (χ3v) is 2.57. The van der Waals surface area contributed by atoms with Crippen LogP contribution in [0.5, 0.6) is 11.5 Å². The highest BCUT2D eigenvalue weighted by Crippen LogP contribution is 2.33. The highest BCUT2D eigenvalue weighted by molar-refractivity contribution is 5.48. The zero-order chi connectivity index (χ0) is 10.1. The number of phenolic OH excluding ortho intramolecular Hbond substituents is 2. The number of fused-ring (bicyclic) bond motifs is 1. The SMILES string of the molecule is C=CC1NCCc2cc(O)c(O)cc21. The van der Waals surface area contributed by atoms with Crippen LogP contribution in [0, 0.1) is 0 Å². The van der Waals surface area contributed by atoms with Crippen LogP contribution >= 0.6 is 0 Å². The van der Waals surface area contributed by atoms with Gasteiger partial charge in [0, 0.05) is 6.54 Å². The molecule has 1 unspecified atom stereocenters. The average Bonchev–Trinajstić information content (AvgIpc) is 2.19. The summed E-state index contributed by atoms with van der Waals surface area (Å²) in [5.74, 6) is -0.118. The maximum absolute atomic E-state index is 9.38. The molecule has 1 aliphatic heterocycles. The third-order valence-electron chi connectivity index (χ3n) is 2.57. The first kappa shape index (κ1) is 9.09. The number of hydrogen-bond donors (Lipinski definition) is 3. The number of rotatable bonds is 1. The molecule has 2 rings (SSSR count). The van der Waals surface area contributed by atoms with Gasteiger partial charge in [0.2, 0.25) is 0 Å². The predicted molar refractivity (Wildman–Crippen MR) is 54.4 cm³/mol. The molecule has 1 heterocycles. The van der Waals surface area contributed by atoms with Gasteiger partial charge in [0.25, 0.3) is 0 Å². The fourth-order valence-electron chi connectivity index (χ4n) is 1.82. The molecule has 14 heavy (non-hydrogen) atoms. The molecular formula is C11H13NO2. The van der Waals surface area contributed by atoms with Crippen LogP contribution in [-0.4, -0.2) is 16.8 Å². The van der Waals surface area contributed by atoms with Gasteiger partial charge in [-0.3, -0.25) is 0 Å². The van der Waals surface area contributed by atoms with Gasteiger partial charge in [0.15, 0.2) is 11.5 Å².